The predicted octanol–water partition coefficient (Wildman–Crippen LogP) is 0.0385. The fourth-order valence-electron chi connectivity index (χ4n) is 1.97. The average Bonchev–Trinajstić information content (AvgIpc) is 2.36. The molecule has 1 rings (SSSR count). The summed E-state index contributed by atoms with van der Waals surface area (Å²) in [5, 5.41) is 6.30. The first kappa shape index (κ1) is 18.5. The van der Waals surface area contributed by atoms with Gasteiger partial charge in [-0.2, -0.15) is 0 Å². The minimum absolute atomic E-state index is 0. The molecule has 0 spiro atoms. The van der Waals surface area contributed by atoms with Crippen LogP contribution < -0.4 is 10.6 Å². The van der Waals surface area contributed by atoms with E-state index in [9.17, 15) is 0 Å². The Labute approximate surface area is 134 Å². The molecule has 1 fully saturated rings. The van der Waals surface area contributed by atoms with Gasteiger partial charge < -0.3 is 15.5 Å². The van der Waals surface area contributed by atoms with Gasteiger partial charge >= 0.3 is 0 Å². The lowest BCUT2D eigenvalue weighted by Crippen LogP contribution is -2.51. The molecular formula is C13H26IN5. The first-order chi connectivity index (χ1) is 8.67. The molecule has 0 radical (unpaired) electrons. The predicted molar refractivity (Wildman–Crippen MR) is 92.1 cm³/mol. The molecule has 1 unspecified atom stereocenters. The molecule has 1 saturated heterocycles. The Morgan fingerprint density at radius 1 is 1.37 bits per heavy atom. The molecular weight excluding hydrogens is 353 g/mol. The summed E-state index contributed by atoms with van der Waals surface area (Å²) in [4.78, 5) is 9.31. The van der Waals surface area contributed by atoms with Gasteiger partial charge in [-0.1, -0.05) is 5.92 Å². The lowest BCUT2D eigenvalue weighted by Gasteiger charge is -2.36. The number of hydrogen-bond acceptors (Lipinski definition) is 3. The lowest BCUT2D eigenvalue weighted by molar-refractivity contribution is 0.119. The van der Waals surface area contributed by atoms with E-state index in [0.717, 1.165) is 38.7 Å². The summed E-state index contributed by atoms with van der Waals surface area (Å²) < 4.78 is 0. The number of likely N-dealkylation sites (N-methyl/N-ethyl adjacent to an activating group) is 2. The number of rotatable bonds is 4. The first-order valence-electron chi connectivity index (χ1n) is 6.51. The van der Waals surface area contributed by atoms with Crippen molar-refractivity contribution in [3.05, 3.63) is 0 Å². The van der Waals surface area contributed by atoms with Gasteiger partial charge in [0.05, 0.1) is 13.1 Å². The van der Waals surface area contributed by atoms with Crippen LogP contribution in [0.5, 0.6) is 0 Å². The van der Waals surface area contributed by atoms with E-state index < -0.39 is 0 Å². The maximum atomic E-state index is 5.24. The van der Waals surface area contributed by atoms with Crippen molar-refractivity contribution in [2.75, 3.05) is 53.4 Å². The van der Waals surface area contributed by atoms with Crippen LogP contribution in [0, 0.1) is 12.3 Å². The van der Waals surface area contributed by atoms with E-state index >= 15 is 0 Å². The van der Waals surface area contributed by atoms with Gasteiger partial charge in [0.2, 0.25) is 0 Å². The second kappa shape index (κ2) is 10.3. The van der Waals surface area contributed by atoms with Crippen LogP contribution in [0.1, 0.15) is 6.92 Å². The SMILES string of the molecule is C#CCNC(=NCC1CN(C)CCN1C)NCC.I. The topological polar surface area (TPSA) is 42.9 Å². The number of guanidine groups is 1. The smallest absolute Gasteiger partial charge is 0.192 e. The third kappa shape index (κ3) is 6.99. The van der Waals surface area contributed by atoms with Gasteiger partial charge in [-0.15, -0.1) is 30.4 Å². The molecule has 19 heavy (non-hydrogen) atoms. The second-order valence-electron chi connectivity index (χ2n) is 4.67. The van der Waals surface area contributed by atoms with E-state index in [-0.39, 0.29) is 24.0 Å². The van der Waals surface area contributed by atoms with Crippen molar-refractivity contribution in [3.63, 3.8) is 0 Å². The Bertz CT molecular complexity index is 313. The summed E-state index contributed by atoms with van der Waals surface area (Å²) in [7, 11) is 4.32. The molecule has 0 amide bonds. The number of hydrogen-bond donors (Lipinski definition) is 2. The summed E-state index contributed by atoms with van der Waals surface area (Å²) in [6.07, 6.45) is 5.24. The highest BCUT2D eigenvalue weighted by Crippen LogP contribution is 2.05. The van der Waals surface area contributed by atoms with Crippen molar-refractivity contribution in [1.82, 2.24) is 20.4 Å². The largest absolute Gasteiger partial charge is 0.357 e. The van der Waals surface area contributed by atoms with Crippen LogP contribution in [0.3, 0.4) is 0 Å². The number of terminal acetylenes is 1. The van der Waals surface area contributed by atoms with Crippen LogP contribution in [0.2, 0.25) is 0 Å². The molecule has 0 aliphatic carbocycles. The molecule has 5 nitrogen and oxygen atoms in total. The molecule has 0 bridgehead atoms. The van der Waals surface area contributed by atoms with E-state index in [1.807, 2.05) is 6.92 Å². The van der Waals surface area contributed by atoms with Gasteiger partial charge in [0.25, 0.3) is 0 Å². The van der Waals surface area contributed by atoms with Crippen LogP contribution in [0.15, 0.2) is 4.99 Å². The van der Waals surface area contributed by atoms with E-state index in [2.05, 4.69) is 45.4 Å². The van der Waals surface area contributed by atoms with E-state index in [4.69, 9.17) is 6.42 Å². The highest BCUT2D eigenvalue weighted by molar-refractivity contribution is 14.0. The normalized spacial score (nSPS) is 21.4. The highest BCUT2D eigenvalue weighted by Gasteiger charge is 2.21. The van der Waals surface area contributed by atoms with E-state index in [1.165, 1.54) is 0 Å². The first-order valence-corrected chi connectivity index (χ1v) is 6.51. The Kier molecular flexibility index (Phi) is 10.0. The zero-order chi connectivity index (χ0) is 13.4. The fraction of sp³-hybridized carbons (Fsp3) is 0.769. The molecule has 1 aliphatic rings. The van der Waals surface area contributed by atoms with Gasteiger partial charge in [-0.25, -0.2) is 0 Å². The maximum absolute atomic E-state index is 5.24. The monoisotopic (exact) mass is 379 g/mol. The molecule has 1 atom stereocenters. The molecule has 0 aromatic rings. The Balaban J connectivity index is 0.00000324. The summed E-state index contributed by atoms with van der Waals surface area (Å²) in [6, 6.07) is 0.477. The van der Waals surface area contributed by atoms with Crippen molar-refractivity contribution in [1.29, 1.82) is 0 Å². The Morgan fingerprint density at radius 2 is 2.11 bits per heavy atom. The molecule has 0 saturated carbocycles. The van der Waals surface area contributed by atoms with Crippen molar-refractivity contribution in [3.8, 4) is 12.3 Å². The molecule has 0 aromatic carbocycles. The third-order valence-electron chi connectivity index (χ3n) is 3.14. The van der Waals surface area contributed by atoms with Crippen molar-refractivity contribution < 1.29 is 0 Å². The van der Waals surface area contributed by atoms with Crippen LogP contribution in [0.4, 0.5) is 0 Å². The number of nitrogens with one attached hydrogen (secondary N) is 2. The highest BCUT2D eigenvalue weighted by atomic mass is 127. The zero-order valence-corrected chi connectivity index (χ0v) is 14.5. The molecule has 1 aliphatic heterocycles. The number of nitrogens with zero attached hydrogens (tertiary/aromatic N) is 3. The van der Waals surface area contributed by atoms with Crippen LogP contribution in [0.25, 0.3) is 0 Å². The Hall–Kier alpha value is -0.520. The minimum atomic E-state index is 0. The summed E-state index contributed by atoms with van der Waals surface area (Å²) in [5.74, 6) is 3.36. The van der Waals surface area contributed by atoms with E-state index in [1.54, 1.807) is 0 Å². The zero-order valence-electron chi connectivity index (χ0n) is 12.1. The number of aliphatic imine (C=N–C) groups is 1. The molecule has 110 valence electrons. The quantitative estimate of drug-likeness (QED) is 0.313. The van der Waals surface area contributed by atoms with Crippen molar-refractivity contribution in [2.24, 2.45) is 4.99 Å². The van der Waals surface area contributed by atoms with Gasteiger partial charge in [-0.3, -0.25) is 9.89 Å². The van der Waals surface area contributed by atoms with Crippen molar-refractivity contribution >= 4 is 29.9 Å². The van der Waals surface area contributed by atoms with E-state index in [0.29, 0.717) is 12.6 Å². The maximum Gasteiger partial charge on any atom is 0.192 e. The Morgan fingerprint density at radius 3 is 2.74 bits per heavy atom. The standard InChI is InChI=1S/C13H25N5.HI/c1-5-7-15-13(14-6-2)16-10-12-11-17(3)8-9-18(12)4;/h1,12H,6-11H2,2-4H3,(H2,14,15,16);1H. The van der Waals surface area contributed by atoms with Crippen molar-refractivity contribution in [2.45, 2.75) is 13.0 Å². The summed E-state index contributed by atoms with van der Waals surface area (Å²) in [6.45, 7) is 7.49. The van der Waals surface area contributed by atoms with Crippen LogP contribution >= 0.6 is 24.0 Å². The fourth-order valence-corrected chi connectivity index (χ4v) is 1.97. The van der Waals surface area contributed by atoms with Crippen LogP contribution in [-0.4, -0.2) is 75.2 Å². The molecule has 6 heteroatoms. The van der Waals surface area contributed by atoms with Gasteiger partial charge in [-0.05, 0) is 21.0 Å². The summed E-state index contributed by atoms with van der Waals surface area (Å²) in [5.41, 5.74) is 0. The van der Waals surface area contributed by atoms with Crippen LogP contribution in [-0.2, 0) is 0 Å². The second-order valence-corrected chi connectivity index (χ2v) is 4.67. The van der Waals surface area contributed by atoms with Gasteiger partial charge in [0.1, 0.15) is 0 Å². The molecule has 2 N–H and O–H groups in total. The third-order valence-corrected chi connectivity index (χ3v) is 3.14. The van der Waals surface area contributed by atoms with Gasteiger partial charge in [0, 0.05) is 32.2 Å². The minimum Gasteiger partial charge on any atom is -0.357 e. The number of halogens is 1. The average molecular weight is 379 g/mol. The number of piperazine rings is 1. The molecule has 0 aromatic heterocycles. The summed E-state index contributed by atoms with van der Waals surface area (Å²) >= 11 is 0. The molecule has 1 heterocycles. The lowest BCUT2D eigenvalue weighted by atomic mass is 10.2. The van der Waals surface area contributed by atoms with Gasteiger partial charge in [0.15, 0.2) is 5.96 Å².